The van der Waals surface area contributed by atoms with Crippen LogP contribution in [-0.2, 0) is 0 Å². The number of aliphatic hydroxyl groups is 1. The van der Waals surface area contributed by atoms with Crippen molar-refractivity contribution in [1.29, 1.82) is 0 Å². The number of aliphatic hydroxyl groups excluding tert-OH is 1. The van der Waals surface area contributed by atoms with Crippen LogP contribution >= 0.6 is 0 Å². The summed E-state index contributed by atoms with van der Waals surface area (Å²) < 4.78 is 0. The zero-order valence-corrected chi connectivity index (χ0v) is 12.0. The zero-order valence-electron chi connectivity index (χ0n) is 12.0. The molecule has 4 nitrogen and oxygen atoms in total. The zero-order chi connectivity index (χ0) is 14.3. The molecule has 0 bridgehead atoms. The third-order valence-corrected chi connectivity index (χ3v) is 2.98. The Hall–Kier alpha value is -1.55. The minimum absolute atomic E-state index is 0.149. The predicted molar refractivity (Wildman–Crippen MR) is 78.6 cm³/mol. The summed E-state index contributed by atoms with van der Waals surface area (Å²) in [6, 6.07) is 7.53. The van der Waals surface area contributed by atoms with Gasteiger partial charge >= 0.3 is 0 Å². The molecule has 0 aliphatic heterocycles. The highest BCUT2D eigenvalue weighted by Gasteiger charge is 2.07. The van der Waals surface area contributed by atoms with Crippen LogP contribution in [0.25, 0.3) is 0 Å². The number of carbonyl (C=O) groups excluding carboxylic acids is 1. The molecule has 0 radical (unpaired) electrons. The summed E-state index contributed by atoms with van der Waals surface area (Å²) >= 11 is 0. The van der Waals surface area contributed by atoms with Crippen molar-refractivity contribution in [1.82, 2.24) is 5.32 Å². The molecular formula is C15H24N2O2. The van der Waals surface area contributed by atoms with Crippen molar-refractivity contribution in [3.63, 3.8) is 0 Å². The van der Waals surface area contributed by atoms with E-state index in [4.69, 9.17) is 5.11 Å². The first-order valence-electron chi connectivity index (χ1n) is 6.82. The Balaban J connectivity index is 2.57. The monoisotopic (exact) mass is 264 g/mol. The summed E-state index contributed by atoms with van der Waals surface area (Å²) in [4.78, 5) is 13.9. The van der Waals surface area contributed by atoms with Crippen LogP contribution in [0, 0.1) is 0 Å². The van der Waals surface area contributed by atoms with Crippen molar-refractivity contribution in [2.24, 2.45) is 0 Å². The minimum atomic E-state index is -0.525. The second-order valence-corrected chi connectivity index (χ2v) is 4.88. The average molecular weight is 264 g/mol. The fourth-order valence-electron chi connectivity index (χ4n) is 1.73. The Kier molecular flexibility index (Phi) is 6.36. The van der Waals surface area contributed by atoms with Crippen LogP contribution in [0.2, 0.25) is 0 Å². The number of amides is 1. The first kappa shape index (κ1) is 15.5. The van der Waals surface area contributed by atoms with Crippen LogP contribution in [0.15, 0.2) is 24.3 Å². The smallest absolute Gasteiger partial charge is 0.251 e. The maximum atomic E-state index is 11.8. The fraction of sp³-hybridized carbons (Fsp3) is 0.533. The molecule has 1 atom stereocenters. The summed E-state index contributed by atoms with van der Waals surface area (Å²) in [5.41, 5.74) is 1.73. The molecule has 1 unspecified atom stereocenters. The number of rotatable bonds is 7. The summed E-state index contributed by atoms with van der Waals surface area (Å²) in [6.45, 7) is 5.11. The molecule has 0 spiro atoms. The first-order valence-corrected chi connectivity index (χ1v) is 6.82. The van der Waals surface area contributed by atoms with Gasteiger partial charge in [-0.3, -0.25) is 4.79 Å². The van der Waals surface area contributed by atoms with Crippen LogP contribution in [0.3, 0.4) is 0 Å². The molecule has 1 aromatic rings. The molecule has 0 fully saturated rings. The lowest BCUT2D eigenvalue weighted by atomic mass is 10.1. The van der Waals surface area contributed by atoms with Crippen molar-refractivity contribution >= 4 is 11.6 Å². The Morgan fingerprint density at radius 1 is 1.37 bits per heavy atom. The maximum absolute atomic E-state index is 11.8. The molecule has 19 heavy (non-hydrogen) atoms. The highest BCUT2D eigenvalue weighted by molar-refractivity contribution is 5.94. The summed E-state index contributed by atoms with van der Waals surface area (Å²) in [7, 11) is 2.05. The van der Waals surface area contributed by atoms with Gasteiger partial charge in [-0.1, -0.05) is 13.3 Å². The number of unbranched alkanes of at least 4 members (excludes halogenated alkanes) is 1. The van der Waals surface area contributed by atoms with Gasteiger partial charge in [0, 0.05) is 31.4 Å². The van der Waals surface area contributed by atoms with E-state index in [-0.39, 0.29) is 12.5 Å². The number of benzene rings is 1. The number of hydrogen-bond acceptors (Lipinski definition) is 3. The molecule has 0 aromatic heterocycles. The van der Waals surface area contributed by atoms with E-state index in [2.05, 4.69) is 24.2 Å². The molecule has 106 valence electrons. The van der Waals surface area contributed by atoms with E-state index in [0.717, 1.165) is 18.7 Å². The number of nitrogens with one attached hydrogen (secondary N) is 1. The van der Waals surface area contributed by atoms with Crippen LogP contribution in [-0.4, -0.2) is 37.3 Å². The molecule has 4 heteroatoms. The standard InChI is InChI=1S/C15H24N2O2/c1-4-5-10-17(3)14-8-6-13(7-9-14)15(19)16-11-12(2)18/h6-9,12,18H,4-5,10-11H2,1-3H3,(H,16,19). The SMILES string of the molecule is CCCCN(C)c1ccc(C(=O)NCC(C)O)cc1. The van der Waals surface area contributed by atoms with Gasteiger partial charge in [0.15, 0.2) is 0 Å². The molecular weight excluding hydrogens is 240 g/mol. The topological polar surface area (TPSA) is 52.6 Å². The van der Waals surface area contributed by atoms with Gasteiger partial charge in [0.2, 0.25) is 0 Å². The van der Waals surface area contributed by atoms with Crippen LogP contribution < -0.4 is 10.2 Å². The fourth-order valence-corrected chi connectivity index (χ4v) is 1.73. The van der Waals surface area contributed by atoms with Gasteiger partial charge < -0.3 is 15.3 Å². The molecule has 1 amide bonds. The molecule has 0 saturated heterocycles. The van der Waals surface area contributed by atoms with Crippen LogP contribution in [0.1, 0.15) is 37.0 Å². The van der Waals surface area contributed by atoms with Gasteiger partial charge in [0.1, 0.15) is 0 Å². The van der Waals surface area contributed by atoms with E-state index in [0.29, 0.717) is 5.56 Å². The number of nitrogens with zero attached hydrogens (tertiary/aromatic N) is 1. The second-order valence-electron chi connectivity index (χ2n) is 4.88. The van der Waals surface area contributed by atoms with Gasteiger partial charge in [0.05, 0.1) is 6.10 Å². The van der Waals surface area contributed by atoms with Gasteiger partial charge in [-0.15, -0.1) is 0 Å². The predicted octanol–water partition coefficient (Wildman–Crippen LogP) is 2.03. The molecule has 1 rings (SSSR count). The highest BCUT2D eigenvalue weighted by atomic mass is 16.3. The van der Waals surface area contributed by atoms with Crippen LogP contribution in [0.5, 0.6) is 0 Å². The molecule has 0 aliphatic rings. The lowest BCUT2D eigenvalue weighted by molar-refractivity contribution is 0.0924. The molecule has 0 saturated carbocycles. The van der Waals surface area contributed by atoms with Gasteiger partial charge in [-0.05, 0) is 37.6 Å². The summed E-state index contributed by atoms with van der Waals surface area (Å²) in [5, 5.41) is 11.8. The van der Waals surface area contributed by atoms with Crippen molar-refractivity contribution in [3.05, 3.63) is 29.8 Å². The summed E-state index contributed by atoms with van der Waals surface area (Å²) in [6.07, 6.45) is 1.81. The third-order valence-electron chi connectivity index (χ3n) is 2.98. The van der Waals surface area contributed by atoms with E-state index >= 15 is 0 Å². The van der Waals surface area contributed by atoms with E-state index in [1.807, 2.05) is 24.3 Å². The van der Waals surface area contributed by atoms with E-state index in [1.165, 1.54) is 6.42 Å². The average Bonchev–Trinajstić information content (AvgIpc) is 2.42. The normalized spacial score (nSPS) is 12.0. The summed E-state index contributed by atoms with van der Waals surface area (Å²) in [5.74, 6) is -0.149. The third kappa shape index (κ3) is 5.30. The lowest BCUT2D eigenvalue weighted by Gasteiger charge is -2.19. The van der Waals surface area contributed by atoms with E-state index in [9.17, 15) is 4.79 Å². The Morgan fingerprint density at radius 3 is 2.53 bits per heavy atom. The van der Waals surface area contributed by atoms with Crippen molar-refractivity contribution < 1.29 is 9.90 Å². The highest BCUT2D eigenvalue weighted by Crippen LogP contribution is 2.14. The quantitative estimate of drug-likeness (QED) is 0.792. The van der Waals surface area contributed by atoms with E-state index < -0.39 is 6.10 Å². The van der Waals surface area contributed by atoms with Crippen molar-refractivity contribution in [2.75, 3.05) is 25.0 Å². The lowest BCUT2D eigenvalue weighted by Crippen LogP contribution is -2.30. The molecule has 2 N–H and O–H groups in total. The number of anilines is 1. The van der Waals surface area contributed by atoms with Gasteiger partial charge in [-0.2, -0.15) is 0 Å². The number of carbonyl (C=O) groups is 1. The van der Waals surface area contributed by atoms with Crippen molar-refractivity contribution in [3.8, 4) is 0 Å². The largest absolute Gasteiger partial charge is 0.392 e. The molecule has 0 heterocycles. The number of hydrogen-bond donors (Lipinski definition) is 2. The first-order chi connectivity index (χ1) is 9.04. The van der Waals surface area contributed by atoms with Crippen LogP contribution in [0.4, 0.5) is 5.69 Å². The molecule has 1 aromatic carbocycles. The maximum Gasteiger partial charge on any atom is 0.251 e. The van der Waals surface area contributed by atoms with Gasteiger partial charge in [0.25, 0.3) is 5.91 Å². The molecule has 0 aliphatic carbocycles. The van der Waals surface area contributed by atoms with Crippen molar-refractivity contribution in [2.45, 2.75) is 32.8 Å². The minimum Gasteiger partial charge on any atom is -0.392 e. The van der Waals surface area contributed by atoms with E-state index in [1.54, 1.807) is 6.92 Å². The second kappa shape index (κ2) is 7.79. The van der Waals surface area contributed by atoms with Gasteiger partial charge in [-0.25, -0.2) is 0 Å². The Morgan fingerprint density at radius 2 is 2.00 bits per heavy atom. The Labute approximate surface area is 115 Å². The Bertz CT molecular complexity index is 388.